The highest BCUT2D eigenvalue weighted by Crippen LogP contribution is 2.34. The van der Waals surface area contributed by atoms with E-state index in [0.717, 1.165) is 6.07 Å². The Kier molecular flexibility index (Phi) is 4.73. The maximum absolute atomic E-state index is 12.8. The average Bonchev–Trinajstić information content (AvgIpc) is 2.65. The molecular weight excluding hydrogens is 388 g/mol. The first-order chi connectivity index (χ1) is 13.1. The molecule has 2 aromatic rings. The molecule has 0 spiro atoms. The molecule has 2 aromatic carbocycles. The van der Waals surface area contributed by atoms with Crippen LogP contribution in [0.4, 0.5) is 4.79 Å². The van der Waals surface area contributed by atoms with Crippen LogP contribution in [0.1, 0.15) is 33.2 Å². The lowest BCUT2D eigenvalue weighted by Crippen LogP contribution is -2.42. The zero-order valence-electron chi connectivity index (χ0n) is 14.5. The molecule has 0 saturated carbocycles. The highest BCUT2D eigenvalue weighted by Gasteiger charge is 2.35. The van der Waals surface area contributed by atoms with E-state index in [0.29, 0.717) is 0 Å². The lowest BCUT2D eigenvalue weighted by Gasteiger charge is -2.19. The Labute approximate surface area is 159 Å². The number of nitrogens with two attached hydrogens (primary N) is 1. The molecule has 0 aromatic heterocycles. The molecule has 9 nitrogen and oxygen atoms in total. The molecule has 0 bridgehead atoms. The van der Waals surface area contributed by atoms with Crippen molar-refractivity contribution >= 4 is 33.5 Å². The van der Waals surface area contributed by atoms with E-state index in [-0.39, 0.29) is 26.5 Å². The molecular formula is C18H14N2O7S. The Hall–Kier alpha value is -3.53. The summed E-state index contributed by atoms with van der Waals surface area (Å²) in [6.45, 7) is 1.21. The van der Waals surface area contributed by atoms with Gasteiger partial charge in [-0.3, -0.25) is 14.9 Å². The predicted octanol–water partition coefficient (Wildman–Crippen LogP) is 0.804. The van der Waals surface area contributed by atoms with Gasteiger partial charge in [0, 0.05) is 11.1 Å². The van der Waals surface area contributed by atoms with Gasteiger partial charge in [-0.15, -0.1) is 0 Å². The number of nitrogens with one attached hydrogen (secondary N) is 1. The maximum Gasteiger partial charge on any atom is 0.338 e. The fraction of sp³-hybridized carbons (Fsp3) is 0.111. The van der Waals surface area contributed by atoms with Crippen LogP contribution in [0.5, 0.6) is 0 Å². The van der Waals surface area contributed by atoms with Crippen LogP contribution in [0.15, 0.2) is 52.3 Å². The third-order valence-corrected chi connectivity index (χ3v) is 5.92. The Morgan fingerprint density at radius 2 is 1.68 bits per heavy atom. The number of benzene rings is 2. The normalized spacial score (nSPS) is 15.0. The van der Waals surface area contributed by atoms with Crippen molar-refractivity contribution in [2.45, 2.75) is 22.8 Å². The van der Waals surface area contributed by atoms with Crippen LogP contribution >= 0.6 is 0 Å². The summed E-state index contributed by atoms with van der Waals surface area (Å²) >= 11 is 0. The summed E-state index contributed by atoms with van der Waals surface area (Å²) in [5.74, 6) is -2.42. The number of esters is 1. The number of rotatable bonds is 3. The third kappa shape index (κ3) is 3.25. The molecule has 0 saturated heterocycles. The molecule has 1 aliphatic rings. The number of primary amides is 1. The lowest BCUT2D eigenvalue weighted by atomic mass is 10.0. The number of imide groups is 1. The highest BCUT2D eigenvalue weighted by molar-refractivity contribution is 7.91. The van der Waals surface area contributed by atoms with E-state index in [1.165, 1.54) is 37.3 Å². The van der Waals surface area contributed by atoms with Crippen LogP contribution in [0.25, 0.3) is 0 Å². The van der Waals surface area contributed by atoms with E-state index in [2.05, 4.69) is 0 Å². The van der Waals surface area contributed by atoms with Gasteiger partial charge in [0.05, 0.1) is 15.4 Å². The van der Waals surface area contributed by atoms with E-state index in [4.69, 9.17) is 10.5 Å². The first-order valence-corrected chi connectivity index (χ1v) is 9.45. The van der Waals surface area contributed by atoms with Gasteiger partial charge in [0.2, 0.25) is 9.84 Å². The SMILES string of the molecule is C[C@@H](OC(=O)c1ccc2c(c1)S(=O)(=O)c1ccccc1C2=O)C(=O)NC(N)=O. The first kappa shape index (κ1) is 19.2. The fourth-order valence-electron chi connectivity index (χ4n) is 2.72. The van der Waals surface area contributed by atoms with E-state index in [9.17, 15) is 27.6 Å². The van der Waals surface area contributed by atoms with E-state index in [1.807, 2.05) is 0 Å². The second kappa shape index (κ2) is 6.89. The molecule has 1 heterocycles. The Morgan fingerprint density at radius 3 is 2.36 bits per heavy atom. The molecule has 3 N–H and O–H groups in total. The smallest absolute Gasteiger partial charge is 0.338 e. The molecule has 3 rings (SSSR count). The summed E-state index contributed by atoms with van der Waals surface area (Å²) in [4.78, 5) is 46.7. The quantitative estimate of drug-likeness (QED) is 0.615. The standard InChI is InChI=1S/C18H14N2O7S/c1-9(16(22)20-18(19)24)27-17(23)10-6-7-12-14(8-10)28(25,26)13-5-3-2-4-11(13)15(12)21/h2-9H,1H3,(H3,19,20,22,24)/t9-/m1/s1. The minimum Gasteiger partial charge on any atom is -0.449 e. The fourth-order valence-corrected chi connectivity index (χ4v) is 4.39. The van der Waals surface area contributed by atoms with Gasteiger partial charge < -0.3 is 10.5 Å². The maximum atomic E-state index is 12.8. The van der Waals surface area contributed by atoms with Crippen LogP contribution in [-0.2, 0) is 19.4 Å². The summed E-state index contributed by atoms with van der Waals surface area (Å²) < 4.78 is 30.6. The minimum atomic E-state index is -4.02. The van der Waals surface area contributed by atoms with Gasteiger partial charge in [-0.05, 0) is 37.3 Å². The zero-order chi connectivity index (χ0) is 20.6. The van der Waals surface area contributed by atoms with Gasteiger partial charge in [-0.2, -0.15) is 0 Å². The van der Waals surface area contributed by atoms with Gasteiger partial charge in [0.15, 0.2) is 11.9 Å². The lowest BCUT2D eigenvalue weighted by molar-refractivity contribution is -0.127. The van der Waals surface area contributed by atoms with Crippen LogP contribution < -0.4 is 11.1 Å². The average molecular weight is 402 g/mol. The van der Waals surface area contributed by atoms with Gasteiger partial charge in [-0.1, -0.05) is 12.1 Å². The Morgan fingerprint density at radius 1 is 1.04 bits per heavy atom. The minimum absolute atomic E-state index is 0.0575. The van der Waals surface area contributed by atoms with Crippen LogP contribution in [0, 0.1) is 0 Å². The predicted molar refractivity (Wildman–Crippen MR) is 94.4 cm³/mol. The van der Waals surface area contributed by atoms with E-state index >= 15 is 0 Å². The molecule has 1 atom stereocenters. The largest absolute Gasteiger partial charge is 0.449 e. The summed E-state index contributed by atoms with van der Waals surface area (Å²) in [6, 6.07) is 8.14. The second-order valence-electron chi connectivity index (χ2n) is 5.94. The summed E-state index contributed by atoms with van der Waals surface area (Å²) in [6.07, 6.45) is -1.35. The number of ketones is 1. The number of carbonyl (C=O) groups is 4. The van der Waals surface area contributed by atoms with Crippen molar-refractivity contribution in [3.63, 3.8) is 0 Å². The summed E-state index contributed by atoms with van der Waals surface area (Å²) in [7, 11) is -4.02. The number of urea groups is 1. The first-order valence-electron chi connectivity index (χ1n) is 7.97. The number of carbonyl (C=O) groups excluding carboxylic acids is 4. The molecule has 10 heteroatoms. The highest BCUT2D eigenvalue weighted by atomic mass is 32.2. The van der Waals surface area contributed by atoms with Crippen molar-refractivity contribution in [1.82, 2.24) is 5.32 Å². The van der Waals surface area contributed by atoms with Crippen molar-refractivity contribution in [3.8, 4) is 0 Å². The molecule has 1 aliphatic heterocycles. The second-order valence-corrected chi connectivity index (χ2v) is 7.83. The molecule has 28 heavy (non-hydrogen) atoms. The summed E-state index contributed by atoms with van der Waals surface area (Å²) in [5.41, 5.74) is 4.65. The van der Waals surface area contributed by atoms with Crippen LogP contribution in [0.2, 0.25) is 0 Å². The molecule has 3 amide bonds. The molecule has 0 aliphatic carbocycles. The van der Waals surface area contributed by atoms with Crippen LogP contribution in [0.3, 0.4) is 0 Å². The Balaban J connectivity index is 1.95. The number of ether oxygens (including phenoxy) is 1. The van der Waals surface area contributed by atoms with Crippen LogP contribution in [-0.4, -0.2) is 38.2 Å². The number of hydrogen-bond donors (Lipinski definition) is 2. The molecule has 0 unspecified atom stereocenters. The molecule has 0 fully saturated rings. The van der Waals surface area contributed by atoms with Gasteiger partial charge in [0.25, 0.3) is 5.91 Å². The van der Waals surface area contributed by atoms with Gasteiger partial charge in [0.1, 0.15) is 0 Å². The van der Waals surface area contributed by atoms with Crippen molar-refractivity contribution in [2.24, 2.45) is 5.73 Å². The van der Waals surface area contributed by atoms with Crippen molar-refractivity contribution in [2.75, 3.05) is 0 Å². The van der Waals surface area contributed by atoms with Crippen molar-refractivity contribution < 1.29 is 32.3 Å². The van der Waals surface area contributed by atoms with Gasteiger partial charge in [-0.25, -0.2) is 18.0 Å². The number of fused-ring (bicyclic) bond motifs is 2. The van der Waals surface area contributed by atoms with Crippen molar-refractivity contribution in [3.05, 3.63) is 59.2 Å². The van der Waals surface area contributed by atoms with Gasteiger partial charge >= 0.3 is 12.0 Å². The molecule has 0 radical (unpaired) electrons. The zero-order valence-corrected chi connectivity index (χ0v) is 15.3. The van der Waals surface area contributed by atoms with E-state index in [1.54, 1.807) is 11.4 Å². The number of hydrogen-bond acceptors (Lipinski definition) is 7. The van der Waals surface area contributed by atoms with E-state index < -0.39 is 39.6 Å². The van der Waals surface area contributed by atoms with Crippen molar-refractivity contribution in [1.29, 1.82) is 0 Å². The third-order valence-electron chi connectivity index (χ3n) is 4.07. The number of amides is 3. The Bertz CT molecular complexity index is 1140. The number of sulfone groups is 1. The topological polar surface area (TPSA) is 150 Å². The molecule has 144 valence electrons. The summed E-state index contributed by atoms with van der Waals surface area (Å²) in [5, 5.41) is 1.76. The monoisotopic (exact) mass is 402 g/mol.